The fraction of sp³-hybridized carbons (Fsp3) is 0.524. The molecule has 188 valence electrons. The normalized spacial score (nSPS) is 22.8. The highest BCUT2D eigenvalue weighted by Crippen LogP contribution is 2.40. The van der Waals surface area contributed by atoms with Crippen LogP contribution in [0.5, 0.6) is 0 Å². The average Bonchev–Trinajstić information content (AvgIpc) is 3.29. The van der Waals surface area contributed by atoms with Gasteiger partial charge in [0.15, 0.2) is 10.8 Å². The predicted octanol–water partition coefficient (Wildman–Crippen LogP) is 0.938. The van der Waals surface area contributed by atoms with Gasteiger partial charge in [0.05, 0.1) is 5.92 Å². The first-order chi connectivity index (χ1) is 16.8. The number of rotatable bonds is 8. The van der Waals surface area contributed by atoms with Gasteiger partial charge in [-0.15, -0.1) is 23.1 Å². The van der Waals surface area contributed by atoms with Crippen molar-refractivity contribution in [1.29, 1.82) is 0 Å². The summed E-state index contributed by atoms with van der Waals surface area (Å²) in [5.74, 6) is -2.84. The second-order valence-electron chi connectivity index (χ2n) is 8.25. The van der Waals surface area contributed by atoms with Crippen LogP contribution in [0.15, 0.2) is 21.8 Å². The van der Waals surface area contributed by atoms with E-state index in [2.05, 4.69) is 15.5 Å². The van der Waals surface area contributed by atoms with E-state index in [9.17, 15) is 24.3 Å². The highest BCUT2D eigenvalue weighted by Gasteiger charge is 2.54. The number of thioether (sulfide) groups is 1. The summed E-state index contributed by atoms with van der Waals surface area (Å²) in [7, 11) is 1.27. The number of carboxylic acid groups (broad SMARTS) is 1. The van der Waals surface area contributed by atoms with Gasteiger partial charge < -0.3 is 25.7 Å². The van der Waals surface area contributed by atoms with Crippen molar-refractivity contribution in [3.63, 3.8) is 0 Å². The van der Waals surface area contributed by atoms with E-state index < -0.39 is 29.2 Å². The third-order valence-corrected chi connectivity index (χ3v) is 8.04. The summed E-state index contributed by atoms with van der Waals surface area (Å²) in [5.41, 5.74) is 5.80. The number of nitrogens with zero attached hydrogens (tertiary/aromatic N) is 3. The maximum Gasteiger partial charge on any atom is 0.352 e. The quantitative estimate of drug-likeness (QED) is 0.192. The molecule has 35 heavy (non-hydrogen) atoms. The van der Waals surface area contributed by atoms with E-state index in [-0.39, 0.29) is 46.5 Å². The molecular formula is C21H25N5O7S2. The van der Waals surface area contributed by atoms with Crippen LogP contribution in [0.25, 0.3) is 0 Å². The number of hydrogen-bond donors (Lipinski definition) is 3. The summed E-state index contributed by atoms with van der Waals surface area (Å²) in [5, 5.41) is 17.2. The van der Waals surface area contributed by atoms with Crippen molar-refractivity contribution in [2.75, 3.05) is 25.2 Å². The van der Waals surface area contributed by atoms with Crippen LogP contribution in [0, 0.1) is 5.92 Å². The van der Waals surface area contributed by atoms with Crippen LogP contribution in [-0.2, 0) is 28.8 Å². The Balaban J connectivity index is 1.44. The summed E-state index contributed by atoms with van der Waals surface area (Å²) in [6, 6.07) is -0.966. The number of ether oxygens (including phenoxy) is 1. The summed E-state index contributed by atoms with van der Waals surface area (Å²) < 4.78 is 5.42. The van der Waals surface area contributed by atoms with Crippen LogP contribution < -0.4 is 11.1 Å². The fourth-order valence-electron chi connectivity index (χ4n) is 4.31. The third-order valence-electron chi connectivity index (χ3n) is 6.03. The summed E-state index contributed by atoms with van der Waals surface area (Å²) in [6.45, 7) is -0.187. The molecule has 1 aliphatic carbocycles. The number of aromatic nitrogens is 1. The molecule has 14 heteroatoms. The third kappa shape index (κ3) is 5.12. The van der Waals surface area contributed by atoms with Crippen molar-refractivity contribution < 1.29 is 33.9 Å². The van der Waals surface area contributed by atoms with Gasteiger partial charge in [-0.3, -0.25) is 19.3 Å². The fourth-order valence-corrected chi connectivity index (χ4v) is 6.19. The molecule has 1 saturated heterocycles. The number of esters is 1. The Kier molecular flexibility index (Phi) is 7.60. The second kappa shape index (κ2) is 10.6. The van der Waals surface area contributed by atoms with E-state index in [1.165, 1.54) is 24.3 Å². The number of nitrogen functional groups attached to an aromatic ring is 1. The van der Waals surface area contributed by atoms with Crippen LogP contribution in [0.1, 0.15) is 37.8 Å². The van der Waals surface area contributed by atoms with E-state index in [4.69, 9.17) is 15.3 Å². The van der Waals surface area contributed by atoms with Crippen molar-refractivity contribution in [3.8, 4) is 0 Å². The van der Waals surface area contributed by atoms with Gasteiger partial charge in [-0.05, 0) is 12.8 Å². The number of nitrogens with one attached hydrogen (secondary N) is 1. The molecule has 1 unspecified atom stereocenters. The minimum absolute atomic E-state index is 0.156. The molecule has 2 aliphatic heterocycles. The Morgan fingerprint density at radius 3 is 2.69 bits per heavy atom. The molecule has 12 nitrogen and oxygen atoms in total. The van der Waals surface area contributed by atoms with Crippen LogP contribution >= 0.6 is 23.1 Å². The highest BCUT2D eigenvalue weighted by atomic mass is 32.2. The lowest BCUT2D eigenvalue weighted by Crippen LogP contribution is -2.71. The number of carbonyl (C=O) groups is 4. The molecule has 0 aromatic carbocycles. The molecule has 4 N–H and O–H groups in total. The number of nitrogens with two attached hydrogens (primary N) is 1. The van der Waals surface area contributed by atoms with Crippen molar-refractivity contribution in [2.45, 2.75) is 43.5 Å². The number of hydrogen-bond acceptors (Lipinski definition) is 11. The molecular weight excluding hydrogens is 498 g/mol. The minimum Gasteiger partial charge on any atom is -0.477 e. The standard InChI is InChI=1S/C21H25N5O7S2/c1-32-25-13(12-9-35-21(22)23-12)16(27)24-14-17(28)26-15(19(29)30)11(8-34-18(14)26)7-33-20(31)10-5-3-2-4-6-10/h9-10,14,18H,2-8H2,1H3,(H2,22,23)(H,24,27)(H,29,30)/t14?,18-/m1/s1. The first-order valence-electron chi connectivity index (χ1n) is 11.0. The number of carboxylic acids is 1. The number of carbonyl (C=O) groups excluding carboxylic acids is 3. The van der Waals surface area contributed by atoms with E-state index in [0.29, 0.717) is 5.57 Å². The van der Waals surface area contributed by atoms with Crippen molar-refractivity contribution in [1.82, 2.24) is 15.2 Å². The topological polar surface area (TPSA) is 174 Å². The predicted molar refractivity (Wildman–Crippen MR) is 127 cm³/mol. The minimum atomic E-state index is -1.29. The number of fused-ring (bicyclic) bond motifs is 1. The number of aliphatic carboxylic acids is 1. The van der Waals surface area contributed by atoms with Crippen molar-refractivity contribution >= 4 is 57.7 Å². The lowest BCUT2D eigenvalue weighted by molar-refractivity contribution is -0.151. The van der Waals surface area contributed by atoms with E-state index >= 15 is 0 Å². The zero-order valence-corrected chi connectivity index (χ0v) is 20.5. The van der Waals surface area contributed by atoms with E-state index in [1.807, 2.05) is 0 Å². The molecule has 2 atom stereocenters. The van der Waals surface area contributed by atoms with Crippen molar-refractivity contribution in [3.05, 3.63) is 22.3 Å². The summed E-state index contributed by atoms with van der Waals surface area (Å²) >= 11 is 2.40. The van der Waals surface area contributed by atoms with E-state index in [1.54, 1.807) is 0 Å². The maximum absolute atomic E-state index is 12.9. The number of oxime groups is 1. The Morgan fingerprint density at radius 2 is 2.06 bits per heavy atom. The van der Waals surface area contributed by atoms with Crippen molar-refractivity contribution in [2.24, 2.45) is 11.1 Å². The molecule has 3 heterocycles. The largest absolute Gasteiger partial charge is 0.477 e. The molecule has 2 amide bonds. The number of β-lactam (4-membered cyclic amide) rings is 1. The zero-order valence-electron chi connectivity index (χ0n) is 18.9. The first kappa shape index (κ1) is 25.0. The van der Waals surface area contributed by atoms with Crippen LogP contribution in [0.4, 0.5) is 5.13 Å². The number of thiazole rings is 1. The summed E-state index contributed by atoms with van der Waals surface area (Å²) in [6.07, 6.45) is 4.59. The van der Waals surface area contributed by atoms with Gasteiger partial charge in [-0.1, -0.05) is 24.4 Å². The zero-order chi connectivity index (χ0) is 25.1. The molecule has 1 saturated carbocycles. The molecule has 3 aliphatic rings. The van der Waals surface area contributed by atoms with Gasteiger partial charge >= 0.3 is 11.9 Å². The monoisotopic (exact) mass is 523 g/mol. The Labute approximate surface area is 208 Å². The maximum atomic E-state index is 12.9. The average molecular weight is 524 g/mol. The van der Waals surface area contributed by atoms with Crippen LogP contribution in [-0.4, -0.2) is 75.3 Å². The number of anilines is 1. The van der Waals surface area contributed by atoms with Gasteiger partial charge in [0.1, 0.15) is 36.5 Å². The molecule has 0 bridgehead atoms. The Morgan fingerprint density at radius 1 is 1.31 bits per heavy atom. The molecule has 0 radical (unpaired) electrons. The molecule has 0 spiro atoms. The molecule has 4 rings (SSSR count). The smallest absolute Gasteiger partial charge is 0.352 e. The SMILES string of the molecule is CON=C(C(=O)NC1C(=O)N2C(C(=O)O)=C(COC(=O)C3CCCCC3)CS[C@H]12)c1csc(N)n1. The Hall–Kier alpha value is -3.13. The first-order valence-corrected chi connectivity index (χ1v) is 12.9. The molecule has 1 aromatic rings. The van der Waals surface area contributed by atoms with Gasteiger partial charge in [0, 0.05) is 16.7 Å². The van der Waals surface area contributed by atoms with Gasteiger partial charge in [-0.25, -0.2) is 9.78 Å². The van der Waals surface area contributed by atoms with E-state index in [0.717, 1.165) is 48.3 Å². The highest BCUT2D eigenvalue weighted by molar-refractivity contribution is 8.00. The number of amides is 2. The molecule has 1 aromatic heterocycles. The molecule has 2 fully saturated rings. The van der Waals surface area contributed by atoms with Gasteiger partial charge in [0.25, 0.3) is 11.8 Å². The van der Waals surface area contributed by atoms with Crippen LogP contribution in [0.3, 0.4) is 0 Å². The lowest BCUT2D eigenvalue weighted by Gasteiger charge is -2.49. The van der Waals surface area contributed by atoms with Crippen LogP contribution in [0.2, 0.25) is 0 Å². The lowest BCUT2D eigenvalue weighted by atomic mass is 9.89. The van der Waals surface area contributed by atoms with Gasteiger partial charge in [0.2, 0.25) is 0 Å². The Bertz CT molecular complexity index is 1100. The summed E-state index contributed by atoms with van der Waals surface area (Å²) in [4.78, 5) is 60.0. The second-order valence-corrected chi connectivity index (χ2v) is 10.2. The van der Waals surface area contributed by atoms with Gasteiger partial charge in [-0.2, -0.15) is 0 Å².